The van der Waals surface area contributed by atoms with Gasteiger partial charge in [0.15, 0.2) is 9.84 Å². The first-order valence-electron chi connectivity index (χ1n) is 4.42. The fraction of sp³-hybridized carbons (Fsp3) is 1.00. The number of hydrogen-bond donors (Lipinski definition) is 1. The third-order valence-corrected chi connectivity index (χ3v) is 4.29. The topological polar surface area (TPSA) is 46.2 Å². The summed E-state index contributed by atoms with van der Waals surface area (Å²) in [4.78, 5) is 0. The standard InChI is InChI=1S/C8H17NO2S/c1-9-7-5-3-4-6-8(7)12(2,10)11/h7-9H,3-6H2,1-2H3/t7-,8+/m0/s1. The van der Waals surface area contributed by atoms with Gasteiger partial charge in [0.2, 0.25) is 0 Å². The highest BCUT2D eigenvalue weighted by Gasteiger charge is 2.31. The van der Waals surface area contributed by atoms with Crippen molar-refractivity contribution < 1.29 is 8.42 Å². The van der Waals surface area contributed by atoms with Crippen molar-refractivity contribution in [3.8, 4) is 0 Å². The first kappa shape index (κ1) is 9.99. The van der Waals surface area contributed by atoms with Crippen molar-refractivity contribution in [2.75, 3.05) is 13.3 Å². The Morgan fingerprint density at radius 3 is 2.25 bits per heavy atom. The van der Waals surface area contributed by atoms with Gasteiger partial charge < -0.3 is 5.32 Å². The molecule has 0 aliphatic heterocycles. The monoisotopic (exact) mass is 191 g/mol. The van der Waals surface area contributed by atoms with Crippen LogP contribution in [0.5, 0.6) is 0 Å². The Bertz CT molecular complexity index is 235. The lowest BCUT2D eigenvalue weighted by molar-refractivity contribution is 0.391. The van der Waals surface area contributed by atoms with Crippen molar-refractivity contribution in [3.63, 3.8) is 0 Å². The van der Waals surface area contributed by atoms with E-state index in [1.54, 1.807) is 0 Å². The summed E-state index contributed by atoms with van der Waals surface area (Å²) in [5.41, 5.74) is 0. The van der Waals surface area contributed by atoms with Gasteiger partial charge in [0.05, 0.1) is 5.25 Å². The third kappa shape index (κ3) is 2.20. The Labute approximate surface area is 74.5 Å². The molecule has 1 aliphatic rings. The first-order valence-corrected chi connectivity index (χ1v) is 6.37. The average molecular weight is 191 g/mol. The Balaban J connectivity index is 2.72. The summed E-state index contributed by atoms with van der Waals surface area (Å²) >= 11 is 0. The number of sulfone groups is 1. The summed E-state index contributed by atoms with van der Waals surface area (Å²) in [5, 5.41) is 2.93. The van der Waals surface area contributed by atoms with Crippen LogP contribution in [0.25, 0.3) is 0 Å². The zero-order valence-electron chi connectivity index (χ0n) is 7.71. The van der Waals surface area contributed by atoms with E-state index in [1.807, 2.05) is 7.05 Å². The SMILES string of the molecule is CN[C@H]1CCCC[C@H]1S(C)(=O)=O. The highest BCUT2D eigenvalue weighted by Crippen LogP contribution is 2.23. The van der Waals surface area contributed by atoms with E-state index >= 15 is 0 Å². The van der Waals surface area contributed by atoms with E-state index in [9.17, 15) is 8.42 Å². The minimum absolute atomic E-state index is 0.156. The van der Waals surface area contributed by atoms with Crippen molar-refractivity contribution >= 4 is 9.84 Å². The minimum Gasteiger partial charge on any atom is -0.316 e. The predicted octanol–water partition coefficient (Wildman–Crippen LogP) is 0.562. The molecule has 1 saturated carbocycles. The van der Waals surface area contributed by atoms with Crippen LogP contribution in [0.15, 0.2) is 0 Å². The molecule has 0 saturated heterocycles. The van der Waals surface area contributed by atoms with Gasteiger partial charge >= 0.3 is 0 Å². The summed E-state index contributed by atoms with van der Waals surface area (Å²) < 4.78 is 22.6. The van der Waals surface area contributed by atoms with E-state index in [0.717, 1.165) is 25.7 Å². The van der Waals surface area contributed by atoms with Crippen LogP contribution in [0.1, 0.15) is 25.7 Å². The third-order valence-electron chi connectivity index (χ3n) is 2.62. The number of rotatable bonds is 2. The lowest BCUT2D eigenvalue weighted by Gasteiger charge is -2.29. The van der Waals surface area contributed by atoms with Crippen molar-refractivity contribution in [3.05, 3.63) is 0 Å². The molecule has 0 bridgehead atoms. The van der Waals surface area contributed by atoms with E-state index < -0.39 is 9.84 Å². The minimum atomic E-state index is -2.85. The Kier molecular flexibility index (Phi) is 3.12. The molecule has 1 N–H and O–H groups in total. The molecular formula is C8H17NO2S. The quantitative estimate of drug-likeness (QED) is 0.694. The van der Waals surface area contributed by atoms with Gasteiger partial charge in [-0.1, -0.05) is 12.8 Å². The lowest BCUT2D eigenvalue weighted by atomic mass is 9.95. The predicted molar refractivity (Wildman–Crippen MR) is 49.9 cm³/mol. The Morgan fingerprint density at radius 2 is 1.83 bits per heavy atom. The van der Waals surface area contributed by atoms with Gasteiger partial charge in [-0.25, -0.2) is 8.42 Å². The van der Waals surface area contributed by atoms with Crippen molar-refractivity contribution in [1.29, 1.82) is 0 Å². The molecule has 1 rings (SSSR count). The largest absolute Gasteiger partial charge is 0.316 e. The van der Waals surface area contributed by atoms with Crippen molar-refractivity contribution in [2.45, 2.75) is 37.0 Å². The van der Waals surface area contributed by atoms with Crippen LogP contribution >= 0.6 is 0 Å². The van der Waals surface area contributed by atoms with E-state index in [0.29, 0.717) is 0 Å². The fourth-order valence-corrected chi connectivity index (χ4v) is 3.40. The molecule has 0 spiro atoms. The van der Waals surface area contributed by atoms with E-state index in [2.05, 4.69) is 5.32 Å². The van der Waals surface area contributed by atoms with Gasteiger partial charge in [0, 0.05) is 12.3 Å². The molecule has 2 atom stereocenters. The maximum atomic E-state index is 11.3. The lowest BCUT2D eigenvalue weighted by Crippen LogP contribution is -2.44. The van der Waals surface area contributed by atoms with E-state index in [1.165, 1.54) is 6.26 Å². The molecular weight excluding hydrogens is 174 g/mol. The molecule has 0 aromatic rings. The zero-order chi connectivity index (χ0) is 9.19. The zero-order valence-corrected chi connectivity index (χ0v) is 8.52. The van der Waals surface area contributed by atoms with Gasteiger partial charge in [-0.2, -0.15) is 0 Å². The molecule has 0 aromatic carbocycles. The first-order chi connectivity index (χ1) is 5.55. The molecule has 0 unspecified atom stereocenters. The van der Waals surface area contributed by atoms with Gasteiger partial charge in [-0.3, -0.25) is 0 Å². The summed E-state index contributed by atoms with van der Waals surface area (Å²) in [7, 11) is -1.01. The van der Waals surface area contributed by atoms with Crippen LogP contribution < -0.4 is 5.32 Å². The second-order valence-electron chi connectivity index (χ2n) is 3.55. The molecule has 1 aliphatic carbocycles. The normalized spacial score (nSPS) is 31.8. The summed E-state index contributed by atoms with van der Waals surface area (Å²) in [6, 6.07) is 0.175. The number of nitrogens with one attached hydrogen (secondary N) is 1. The molecule has 12 heavy (non-hydrogen) atoms. The molecule has 3 nitrogen and oxygen atoms in total. The molecule has 0 amide bonds. The molecule has 0 radical (unpaired) electrons. The van der Waals surface area contributed by atoms with Gasteiger partial charge in [-0.15, -0.1) is 0 Å². The Hall–Kier alpha value is -0.0900. The highest BCUT2D eigenvalue weighted by molar-refractivity contribution is 7.91. The van der Waals surface area contributed by atoms with Crippen molar-refractivity contribution in [1.82, 2.24) is 5.32 Å². The maximum absolute atomic E-state index is 11.3. The molecule has 72 valence electrons. The van der Waals surface area contributed by atoms with Crippen LogP contribution in [0.3, 0.4) is 0 Å². The van der Waals surface area contributed by atoms with Crippen LogP contribution in [0.4, 0.5) is 0 Å². The van der Waals surface area contributed by atoms with Crippen molar-refractivity contribution in [2.24, 2.45) is 0 Å². The van der Waals surface area contributed by atoms with E-state index in [4.69, 9.17) is 0 Å². The maximum Gasteiger partial charge on any atom is 0.151 e. The Morgan fingerprint density at radius 1 is 1.25 bits per heavy atom. The highest BCUT2D eigenvalue weighted by atomic mass is 32.2. The summed E-state index contributed by atoms with van der Waals surface area (Å²) in [6.45, 7) is 0. The van der Waals surface area contributed by atoms with Gasteiger partial charge in [0.1, 0.15) is 0 Å². The molecule has 1 fully saturated rings. The van der Waals surface area contributed by atoms with Crippen LogP contribution in [-0.4, -0.2) is 33.0 Å². The fourth-order valence-electron chi connectivity index (χ4n) is 1.94. The summed E-state index contributed by atoms with van der Waals surface area (Å²) in [5.74, 6) is 0. The molecule has 0 aromatic heterocycles. The second-order valence-corrected chi connectivity index (χ2v) is 5.81. The number of hydrogen-bond acceptors (Lipinski definition) is 3. The average Bonchev–Trinajstić information content (AvgIpc) is 2.03. The molecule has 0 heterocycles. The van der Waals surface area contributed by atoms with Gasteiger partial charge in [0.25, 0.3) is 0 Å². The molecule has 4 heteroatoms. The van der Waals surface area contributed by atoms with Gasteiger partial charge in [-0.05, 0) is 19.9 Å². The summed E-state index contributed by atoms with van der Waals surface area (Å²) in [6.07, 6.45) is 5.36. The smallest absolute Gasteiger partial charge is 0.151 e. The second kappa shape index (κ2) is 3.75. The van der Waals surface area contributed by atoms with E-state index in [-0.39, 0.29) is 11.3 Å². The van der Waals surface area contributed by atoms with Crippen LogP contribution in [0.2, 0.25) is 0 Å². The van der Waals surface area contributed by atoms with Crippen LogP contribution in [-0.2, 0) is 9.84 Å². The van der Waals surface area contributed by atoms with Crippen LogP contribution in [0, 0.1) is 0 Å².